The molecule has 0 N–H and O–H groups in total. The van der Waals surface area contributed by atoms with Gasteiger partial charge in [0.2, 0.25) is 6.33 Å². The van der Waals surface area contributed by atoms with Crippen molar-refractivity contribution in [1.29, 1.82) is 0 Å². The first-order valence-corrected chi connectivity index (χ1v) is 4.83. The Bertz CT molecular complexity index is 376. The largest absolute Gasteiger partial charge is 0.490 e. The number of hydrogen-bond acceptors (Lipinski definition) is 6. The lowest BCUT2D eigenvalue weighted by Crippen LogP contribution is -2.06. The van der Waals surface area contributed by atoms with Crippen LogP contribution in [0.1, 0.15) is 19.8 Å². The Morgan fingerprint density at radius 1 is 1.69 bits per heavy atom. The maximum Gasteiger partial charge on any atom is 0.490 e. The molecule has 1 rings (SSSR count). The number of esters is 1. The quantitative estimate of drug-likeness (QED) is 0.400. The smallest absolute Gasteiger partial charge is 0.466 e. The summed E-state index contributed by atoms with van der Waals surface area (Å²) in [6, 6.07) is 0. The van der Waals surface area contributed by atoms with Gasteiger partial charge in [-0.25, -0.2) is 0 Å². The highest BCUT2D eigenvalue weighted by Crippen LogP contribution is 2.02. The van der Waals surface area contributed by atoms with Gasteiger partial charge in [0.15, 0.2) is 0 Å². The van der Waals surface area contributed by atoms with Gasteiger partial charge in [-0.15, -0.1) is 0 Å². The molecule has 0 amide bonds. The van der Waals surface area contributed by atoms with Crippen LogP contribution in [-0.4, -0.2) is 32.3 Å². The second-order valence-electron chi connectivity index (χ2n) is 2.97. The highest BCUT2D eigenvalue weighted by Gasteiger charge is 2.12. The minimum atomic E-state index is -0.665. The number of carbonyl (C=O) groups excluding carboxylic acids is 1. The van der Waals surface area contributed by atoms with Crippen LogP contribution in [0.3, 0.4) is 0 Å². The maximum atomic E-state index is 11.0. The second kappa shape index (κ2) is 5.79. The Morgan fingerprint density at radius 2 is 2.44 bits per heavy atom. The van der Waals surface area contributed by atoms with Gasteiger partial charge in [-0.1, -0.05) is 4.98 Å². The van der Waals surface area contributed by atoms with Crippen molar-refractivity contribution >= 4 is 11.9 Å². The highest BCUT2D eigenvalue weighted by molar-refractivity contribution is 5.69. The first kappa shape index (κ1) is 12.1. The number of hydrogen-bond donors (Lipinski definition) is 0. The lowest BCUT2D eigenvalue weighted by molar-refractivity contribution is -0.394. The maximum absolute atomic E-state index is 11.0. The molecule has 0 bridgehead atoms. The Kier molecular flexibility index (Phi) is 4.37. The molecule has 8 nitrogen and oxygen atoms in total. The summed E-state index contributed by atoms with van der Waals surface area (Å²) in [5, 5.41) is 13.9. The van der Waals surface area contributed by atoms with Crippen LogP contribution in [0, 0.1) is 10.1 Å². The fraction of sp³-hybridized carbons (Fsp3) is 0.625. The summed E-state index contributed by atoms with van der Waals surface area (Å²) in [6.45, 7) is 2.49. The van der Waals surface area contributed by atoms with Crippen molar-refractivity contribution in [2.75, 3.05) is 6.61 Å². The number of nitro groups is 1. The zero-order chi connectivity index (χ0) is 12.0. The number of aryl methyl sites for hydroxylation is 1. The zero-order valence-electron chi connectivity index (χ0n) is 8.83. The number of ether oxygens (including phenoxy) is 1. The average molecular weight is 228 g/mol. The molecule has 8 heteroatoms. The van der Waals surface area contributed by atoms with Crippen LogP contribution >= 0.6 is 0 Å². The molecule has 16 heavy (non-hydrogen) atoms. The molecule has 1 aromatic rings. The highest BCUT2D eigenvalue weighted by atomic mass is 16.6. The van der Waals surface area contributed by atoms with Crippen molar-refractivity contribution in [1.82, 2.24) is 14.8 Å². The van der Waals surface area contributed by atoms with E-state index in [0.29, 0.717) is 19.6 Å². The van der Waals surface area contributed by atoms with E-state index in [2.05, 4.69) is 10.1 Å². The average Bonchev–Trinajstić information content (AvgIpc) is 2.67. The molecule has 88 valence electrons. The van der Waals surface area contributed by atoms with Gasteiger partial charge in [0.25, 0.3) is 0 Å². The normalized spacial score (nSPS) is 10.1. The number of carbonyl (C=O) groups is 1. The van der Waals surface area contributed by atoms with Crippen LogP contribution in [0.2, 0.25) is 0 Å². The molecule has 0 aliphatic carbocycles. The van der Waals surface area contributed by atoms with E-state index in [9.17, 15) is 14.9 Å². The predicted molar refractivity (Wildman–Crippen MR) is 52.5 cm³/mol. The number of rotatable bonds is 6. The predicted octanol–water partition coefficient (Wildman–Crippen LogP) is 0.530. The molecule has 0 saturated carbocycles. The van der Waals surface area contributed by atoms with E-state index in [1.807, 2.05) is 0 Å². The van der Waals surface area contributed by atoms with Gasteiger partial charge in [0.1, 0.15) is 0 Å². The van der Waals surface area contributed by atoms with E-state index in [-0.39, 0.29) is 12.4 Å². The molecule has 0 aliphatic heterocycles. The van der Waals surface area contributed by atoms with Crippen LogP contribution in [0.4, 0.5) is 5.95 Å². The molecule has 1 aromatic heterocycles. The summed E-state index contributed by atoms with van der Waals surface area (Å²) in [7, 11) is 0. The molecule has 0 radical (unpaired) electrons. The van der Waals surface area contributed by atoms with Crippen LogP contribution < -0.4 is 0 Å². The Balaban J connectivity index is 2.32. The fourth-order valence-electron chi connectivity index (χ4n) is 1.09. The SMILES string of the molecule is CCOC(=O)CCCn1cnc([N+](=O)[O-])n1. The van der Waals surface area contributed by atoms with Crippen LogP contribution in [0.15, 0.2) is 6.33 Å². The van der Waals surface area contributed by atoms with E-state index < -0.39 is 10.9 Å². The van der Waals surface area contributed by atoms with Gasteiger partial charge in [-0.05, 0) is 18.3 Å². The lowest BCUT2D eigenvalue weighted by Gasteiger charge is -1.99. The van der Waals surface area contributed by atoms with Crippen molar-refractivity contribution in [2.45, 2.75) is 26.3 Å². The third kappa shape index (κ3) is 3.64. The minimum absolute atomic E-state index is 0.265. The summed E-state index contributed by atoms with van der Waals surface area (Å²) in [4.78, 5) is 24.1. The molecule has 0 unspecified atom stereocenters. The molecule has 1 heterocycles. The first-order valence-electron chi connectivity index (χ1n) is 4.83. The first-order chi connectivity index (χ1) is 7.63. The molecule has 0 spiro atoms. The van der Waals surface area contributed by atoms with Crippen molar-refractivity contribution < 1.29 is 14.5 Å². The number of aromatic nitrogens is 3. The van der Waals surface area contributed by atoms with Crippen molar-refractivity contribution in [3.63, 3.8) is 0 Å². The Morgan fingerprint density at radius 3 is 3.00 bits per heavy atom. The van der Waals surface area contributed by atoms with Gasteiger partial charge >= 0.3 is 11.9 Å². The third-order valence-electron chi connectivity index (χ3n) is 1.76. The molecule has 0 aliphatic rings. The lowest BCUT2D eigenvalue weighted by atomic mass is 10.3. The standard InChI is InChI=1S/C8H12N4O4/c1-2-16-7(13)4-3-5-11-6-9-8(10-11)12(14)15/h6H,2-5H2,1H3. The van der Waals surface area contributed by atoms with Crippen molar-refractivity contribution in [2.24, 2.45) is 0 Å². The summed E-state index contributed by atoms with van der Waals surface area (Å²) in [5.74, 6) is -0.715. The molecule has 0 saturated heterocycles. The van der Waals surface area contributed by atoms with E-state index in [1.54, 1.807) is 6.92 Å². The van der Waals surface area contributed by atoms with Crippen LogP contribution in [-0.2, 0) is 16.1 Å². The molecular formula is C8H12N4O4. The van der Waals surface area contributed by atoms with E-state index in [4.69, 9.17) is 4.74 Å². The van der Waals surface area contributed by atoms with E-state index in [0.717, 1.165) is 0 Å². The van der Waals surface area contributed by atoms with E-state index in [1.165, 1.54) is 11.0 Å². The summed E-state index contributed by atoms with van der Waals surface area (Å²) in [6.07, 6.45) is 2.05. The number of nitrogens with zero attached hydrogens (tertiary/aromatic N) is 4. The topological polar surface area (TPSA) is 100 Å². The monoisotopic (exact) mass is 228 g/mol. The van der Waals surface area contributed by atoms with Crippen molar-refractivity contribution in [3.05, 3.63) is 16.4 Å². The summed E-state index contributed by atoms with van der Waals surface area (Å²) >= 11 is 0. The Hall–Kier alpha value is -1.99. The third-order valence-corrected chi connectivity index (χ3v) is 1.76. The second-order valence-corrected chi connectivity index (χ2v) is 2.97. The van der Waals surface area contributed by atoms with Gasteiger partial charge in [0, 0.05) is 11.5 Å². The van der Waals surface area contributed by atoms with Gasteiger partial charge in [-0.3, -0.25) is 4.79 Å². The van der Waals surface area contributed by atoms with Crippen molar-refractivity contribution in [3.8, 4) is 0 Å². The van der Waals surface area contributed by atoms with Gasteiger partial charge in [-0.2, -0.15) is 4.68 Å². The minimum Gasteiger partial charge on any atom is -0.466 e. The van der Waals surface area contributed by atoms with Crippen LogP contribution in [0.5, 0.6) is 0 Å². The van der Waals surface area contributed by atoms with Gasteiger partial charge < -0.3 is 14.9 Å². The summed E-state index contributed by atoms with van der Waals surface area (Å²) in [5.41, 5.74) is 0. The zero-order valence-corrected chi connectivity index (χ0v) is 8.83. The Labute approximate surface area is 91.4 Å². The molecule has 0 aromatic carbocycles. The van der Waals surface area contributed by atoms with Crippen LogP contribution in [0.25, 0.3) is 0 Å². The molecule has 0 fully saturated rings. The molecular weight excluding hydrogens is 216 g/mol. The fourth-order valence-corrected chi connectivity index (χ4v) is 1.09. The molecule has 0 atom stereocenters. The van der Waals surface area contributed by atoms with E-state index >= 15 is 0 Å². The van der Waals surface area contributed by atoms with Gasteiger partial charge in [0.05, 0.1) is 13.2 Å². The summed E-state index contributed by atoms with van der Waals surface area (Å²) < 4.78 is 6.06.